The number of benzene rings is 3. The van der Waals surface area contributed by atoms with Crippen molar-refractivity contribution in [3.63, 3.8) is 0 Å². The van der Waals surface area contributed by atoms with Gasteiger partial charge >= 0.3 is 0 Å². The number of aromatic nitrogens is 2. The summed E-state index contributed by atoms with van der Waals surface area (Å²) >= 11 is 0. The van der Waals surface area contributed by atoms with Gasteiger partial charge < -0.3 is 44.6 Å². The average molecular weight is 1350 g/mol. The Balaban J connectivity index is 0.000000209. The quantitative estimate of drug-likeness (QED) is 0.0994. The van der Waals surface area contributed by atoms with Gasteiger partial charge in [-0.3, -0.25) is 24.0 Å². The Labute approximate surface area is 594 Å². The molecule has 15 heteroatoms. The van der Waals surface area contributed by atoms with Gasteiger partial charge in [0.05, 0.1) is 30.6 Å². The molecule has 544 valence electrons. The second-order valence-corrected chi connectivity index (χ2v) is 34.5. The first kappa shape index (κ1) is 76.3. The van der Waals surface area contributed by atoms with Gasteiger partial charge in [-0.15, -0.1) is 0 Å². The monoisotopic (exact) mass is 1350 g/mol. The summed E-state index contributed by atoms with van der Waals surface area (Å²) in [6, 6.07) is 26.5. The standard InChI is InChI=1S/C29H45N3O2.C27H40N4O.C27H43N3O2.2H2/c1-21(2)26(32-17-8-11-25(32)33)27(34)30-24-12-13-29(23-10-7-6-9-22(23)24)15-19-31(20-16-29)18-14-28(3,4)5;1-6-31(25(32)24-19-28-20-29(24)5)23-11-12-27(22-10-8-7-9-21(22)23)14-17-30(18-15-27)16-13-26(2,3)4;1-6-30(25(32)12-11-24(31)28-5)23-13-14-27(22-10-8-7-9-21(22)23)16-19-29(20-17-27)18-15-26(2,3)4;;/h6-7,9-10,21,24,26H,8,11-20H2,1-5H3,(H,30,34);7-10,19-20,23H,6,11-18H2,1-5H3;7-10,23H,6,11-20H2,1-5H3,(H,28,31);2*1H/t24-,26+;2*23-;;/m100../s1. The molecule has 15 nitrogen and oxygen atoms in total. The summed E-state index contributed by atoms with van der Waals surface area (Å²) in [4.78, 5) is 81.9. The number of likely N-dealkylation sites (tertiary alicyclic amines) is 4. The molecule has 0 saturated carbocycles. The Morgan fingerprint density at radius 2 is 1.00 bits per heavy atom. The Morgan fingerprint density at radius 3 is 1.39 bits per heavy atom. The predicted octanol–water partition coefficient (Wildman–Crippen LogP) is 15.4. The maximum Gasteiger partial charge on any atom is 0.272 e. The summed E-state index contributed by atoms with van der Waals surface area (Å²) in [7, 11) is 3.51. The van der Waals surface area contributed by atoms with E-state index in [-0.39, 0.29) is 91.6 Å². The summed E-state index contributed by atoms with van der Waals surface area (Å²) in [6.45, 7) is 41.9. The minimum Gasteiger partial charge on any atom is -0.359 e. The number of rotatable bonds is 18. The predicted molar refractivity (Wildman–Crippen MR) is 402 cm³/mol. The van der Waals surface area contributed by atoms with E-state index in [4.69, 9.17) is 0 Å². The van der Waals surface area contributed by atoms with Gasteiger partial charge in [-0.2, -0.15) is 0 Å². The van der Waals surface area contributed by atoms with Gasteiger partial charge in [-0.25, -0.2) is 4.98 Å². The minimum absolute atomic E-state index is 0. The van der Waals surface area contributed by atoms with Crippen LogP contribution in [0.25, 0.3) is 0 Å². The highest BCUT2D eigenvalue weighted by Crippen LogP contribution is 2.53. The van der Waals surface area contributed by atoms with Gasteiger partial charge in [0.1, 0.15) is 11.7 Å². The number of amides is 5. The zero-order chi connectivity index (χ0) is 70.8. The van der Waals surface area contributed by atoms with E-state index in [1.807, 2.05) is 35.3 Å². The third kappa shape index (κ3) is 18.6. The van der Waals surface area contributed by atoms with Crippen molar-refractivity contribution in [2.24, 2.45) is 29.2 Å². The number of hydrogen-bond acceptors (Lipinski definition) is 9. The Kier molecular flexibility index (Phi) is 25.6. The van der Waals surface area contributed by atoms with Crippen LogP contribution in [-0.2, 0) is 42.5 Å². The van der Waals surface area contributed by atoms with Gasteiger partial charge in [0.15, 0.2) is 0 Å². The van der Waals surface area contributed by atoms with Crippen LogP contribution in [0.3, 0.4) is 0 Å². The molecular formula is C83H132N10O5. The highest BCUT2D eigenvalue weighted by molar-refractivity contribution is 5.93. The van der Waals surface area contributed by atoms with E-state index < -0.39 is 0 Å². The summed E-state index contributed by atoms with van der Waals surface area (Å²) < 4.78 is 1.83. The van der Waals surface area contributed by atoms with E-state index in [9.17, 15) is 24.0 Å². The van der Waals surface area contributed by atoms with Crippen LogP contribution in [-0.4, -0.2) is 160 Å². The molecule has 1 aromatic heterocycles. The first-order chi connectivity index (χ1) is 46.5. The van der Waals surface area contributed by atoms with E-state index in [1.54, 1.807) is 19.6 Å². The largest absolute Gasteiger partial charge is 0.359 e. The molecule has 4 fully saturated rings. The van der Waals surface area contributed by atoms with Crippen LogP contribution in [0.15, 0.2) is 85.3 Å². The third-order valence-corrected chi connectivity index (χ3v) is 23.9. The van der Waals surface area contributed by atoms with Crippen molar-refractivity contribution in [1.82, 2.24) is 49.6 Å². The Morgan fingerprint density at radius 1 is 0.582 bits per heavy atom. The van der Waals surface area contributed by atoms with Crippen LogP contribution in [0, 0.1) is 22.2 Å². The lowest BCUT2D eigenvalue weighted by Crippen LogP contribution is -2.52. The van der Waals surface area contributed by atoms with E-state index in [2.05, 4.69) is 184 Å². The van der Waals surface area contributed by atoms with Crippen LogP contribution in [0.1, 0.15) is 277 Å². The lowest BCUT2D eigenvalue weighted by atomic mass is 9.63. The summed E-state index contributed by atoms with van der Waals surface area (Å²) in [5.41, 5.74) is 10.9. The fourth-order valence-electron chi connectivity index (χ4n) is 17.7. The molecule has 4 aliphatic heterocycles. The molecule has 3 aliphatic carbocycles. The fraction of sp³-hybridized carbons (Fsp3) is 0.687. The lowest BCUT2D eigenvalue weighted by molar-refractivity contribution is -0.139. The molecule has 7 aliphatic rings. The van der Waals surface area contributed by atoms with Crippen molar-refractivity contribution < 1.29 is 26.8 Å². The maximum atomic E-state index is 13.4. The molecule has 11 rings (SSSR count). The van der Waals surface area contributed by atoms with E-state index >= 15 is 0 Å². The molecule has 4 atom stereocenters. The summed E-state index contributed by atoms with van der Waals surface area (Å²) in [5, 5.41) is 6.00. The van der Waals surface area contributed by atoms with Crippen molar-refractivity contribution in [3.8, 4) is 0 Å². The lowest BCUT2D eigenvalue weighted by Gasteiger charge is -2.49. The van der Waals surface area contributed by atoms with Crippen molar-refractivity contribution in [2.75, 3.05) is 85.6 Å². The van der Waals surface area contributed by atoms with Crippen molar-refractivity contribution in [2.45, 2.75) is 252 Å². The summed E-state index contributed by atoms with van der Waals surface area (Å²) in [5.74, 6) is 0.331. The molecule has 3 aromatic carbocycles. The van der Waals surface area contributed by atoms with E-state index in [1.165, 1.54) is 124 Å². The Hall–Kier alpha value is -5.90. The van der Waals surface area contributed by atoms with E-state index in [0.717, 1.165) is 71.1 Å². The summed E-state index contributed by atoms with van der Waals surface area (Å²) in [6.07, 6.45) is 22.8. The van der Waals surface area contributed by atoms with Crippen LogP contribution < -0.4 is 10.6 Å². The zero-order valence-corrected chi connectivity index (χ0v) is 63.5. The smallest absolute Gasteiger partial charge is 0.272 e. The molecule has 5 amide bonds. The number of hydrogen-bond donors (Lipinski definition) is 2. The number of aryl methyl sites for hydroxylation is 1. The molecule has 98 heavy (non-hydrogen) atoms. The van der Waals surface area contributed by atoms with Gasteiger partial charge in [-0.05, 0) is 247 Å². The highest BCUT2D eigenvalue weighted by atomic mass is 16.2. The fourth-order valence-corrected chi connectivity index (χ4v) is 17.7. The molecule has 2 N–H and O–H groups in total. The van der Waals surface area contributed by atoms with Crippen molar-refractivity contribution >= 4 is 29.5 Å². The third-order valence-electron chi connectivity index (χ3n) is 23.9. The first-order valence-corrected chi connectivity index (χ1v) is 38.4. The second kappa shape index (κ2) is 32.8. The molecular weight excluding hydrogens is 1220 g/mol. The van der Waals surface area contributed by atoms with Crippen LogP contribution >= 0.6 is 0 Å². The van der Waals surface area contributed by atoms with E-state index in [0.29, 0.717) is 48.0 Å². The Bertz CT molecular complexity index is 3300. The first-order valence-electron chi connectivity index (χ1n) is 38.4. The van der Waals surface area contributed by atoms with Gasteiger partial charge in [-0.1, -0.05) is 149 Å². The van der Waals surface area contributed by atoms with Gasteiger partial charge in [0, 0.05) is 55.8 Å². The molecule has 0 bridgehead atoms. The zero-order valence-electron chi connectivity index (χ0n) is 63.5. The molecule has 5 heterocycles. The number of piperidine rings is 3. The van der Waals surface area contributed by atoms with Crippen LogP contribution in [0.5, 0.6) is 0 Å². The second-order valence-electron chi connectivity index (χ2n) is 34.5. The van der Waals surface area contributed by atoms with Gasteiger partial charge in [0.25, 0.3) is 5.91 Å². The highest BCUT2D eigenvalue weighted by Gasteiger charge is 2.47. The normalized spacial score (nSPS) is 21.8. The maximum absolute atomic E-state index is 13.4. The van der Waals surface area contributed by atoms with Gasteiger partial charge in [0.2, 0.25) is 23.6 Å². The topological polar surface area (TPSA) is 147 Å². The molecule has 0 radical (unpaired) electrons. The molecule has 4 saturated heterocycles. The van der Waals surface area contributed by atoms with Crippen molar-refractivity contribution in [1.29, 1.82) is 0 Å². The average Bonchev–Trinajstić information content (AvgIpc) is 0.994. The number of imidazole rings is 1. The molecule has 0 unspecified atom stereocenters. The van der Waals surface area contributed by atoms with Crippen LogP contribution in [0.2, 0.25) is 0 Å². The molecule has 4 aromatic rings. The SMILES string of the molecule is CC(C)[C@@H](C(=O)N[C@@H]1CCC2(CCN(CCC(C)(C)C)CC2)c2ccccc21)N1CCCC1=O.CCN(C(=O)CCC(=O)NC)[C@H]1CCC2(CCN(CCC(C)(C)C)CC2)c2ccccc21.CCN(C(=O)c1cncn1C)[C@H]1CCC2(CCN(CCC(C)(C)C)CC2)c2ccccc21.[HH].[HH]. The molecule has 3 spiro atoms. The number of nitrogens with one attached hydrogen (secondary N) is 2. The van der Waals surface area contributed by atoms with Crippen molar-refractivity contribution in [3.05, 3.63) is 124 Å². The number of fused-ring (bicyclic) bond motifs is 6. The van der Waals surface area contributed by atoms with Crippen LogP contribution in [0.4, 0.5) is 0 Å². The number of carbonyl (C=O) groups excluding carboxylic acids is 5. The number of carbonyl (C=O) groups is 5. The number of nitrogens with zero attached hydrogens (tertiary/aromatic N) is 8. The minimum atomic E-state index is -0.371.